The second-order valence-corrected chi connectivity index (χ2v) is 5.29. The van der Waals surface area contributed by atoms with E-state index in [4.69, 9.17) is 33.5 Å². The summed E-state index contributed by atoms with van der Waals surface area (Å²) in [6, 6.07) is 19.3. The molecule has 2 N–H and O–H groups in total. The summed E-state index contributed by atoms with van der Waals surface area (Å²) in [5, 5.41) is 5.26. The summed E-state index contributed by atoms with van der Waals surface area (Å²) in [5.41, 5.74) is 1.94. The van der Waals surface area contributed by atoms with Crippen molar-refractivity contribution >= 4 is 24.4 Å². The van der Waals surface area contributed by atoms with Crippen molar-refractivity contribution in [3.8, 4) is 22.8 Å². The average Bonchev–Trinajstić information content (AvgIpc) is 3.26. The Balaban J connectivity index is 0.000000141. The normalized spacial score (nSPS) is 10.0. The zero-order chi connectivity index (χ0) is 16.8. The van der Waals surface area contributed by atoms with Crippen LogP contribution in [0.15, 0.2) is 69.7 Å². The highest BCUT2D eigenvalue weighted by Crippen LogP contribution is 2.13. The quantitative estimate of drug-likeness (QED) is 0.502. The van der Waals surface area contributed by atoms with Gasteiger partial charge in [0.15, 0.2) is 11.6 Å². The van der Waals surface area contributed by atoms with Crippen molar-refractivity contribution in [2.45, 2.75) is 0 Å². The van der Waals surface area contributed by atoms with Gasteiger partial charge in [0.1, 0.15) is 0 Å². The maximum atomic E-state index is 4.80. The fourth-order valence-electron chi connectivity index (χ4n) is 1.90. The van der Waals surface area contributed by atoms with Gasteiger partial charge in [0, 0.05) is 11.1 Å². The number of aromatic amines is 2. The van der Waals surface area contributed by atoms with Crippen molar-refractivity contribution in [2.75, 3.05) is 0 Å². The van der Waals surface area contributed by atoms with Crippen LogP contribution in [0, 0.1) is 9.67 Å². The first kappa shape index (κ1) is 16.0. The fraction of sp³-hybridized carbons (Fsp3) is 0. The van der Waals surface area contributed by atoms with E-state index >= 15 is 0 Å². The minimum absolute atomic E-state index is 0.230. The second kappa shape index (κ2) is 7.62. The molecule has 2 aromatic carbocycles. The Labute approximate surface area is 147 Å². The maximum Gasteiger partial charge on any atom is 0.314 e. The molecule has 0 unspecified atom stereocenters. The second-order valence-electron chi connectivity index (χ2n) is 4.59. The molecule has 0 radical (unpaired) electrons. The molecule has 0 spiro atoms. The number of H-pyrrole nitrogens is 2. The van der Waals surface area contributed by atoms with Gasteiger partial charge in [-0.15, -0.1) is 0 Å². The highest BCUT2D eigenvalue weighted by molar-refractivity contribution is 7.71. The third-order valence-corrected chi connectivity index (χ3v) is 3.32. The van der Waals surface area contributed by atoms with Gasteiger partial charge in [0.25, 0.3) is 0 Å². The number of rotatable bonds is 2. The van der Waals surface area contributed by atoms with E-state index in [1.165, 1.54) is 0 Å². The number of hydrogen-bond acceptors (Lipinski definition) is 6. The van der Waals surface area contributed by atoms with Gasteiger partial charge in [-0.1, -0.05) is 60.7 Å². The number of nitrogens with zero attached hydrogens (tertiary/aromatic N) is 2. The first-order valence-corrected chi connectivity index (χ1v) is 7.76. The van der Waals surface area contributed by atoms with Crippen LogP contribution >= 0.6 is 24.4 Å². The van der Waals surface area contributed by atoms with Crippen LogP contribution in [0.1, 0.15) is 0 Å². The van der Waals surface area contributed by atoms with Gasteiger partial charge >= 0.3 is 9.67 Å². The molecule has 0 aliphatic heterocycles. The smallest absolute Gasteiger partial charge is 0.314 e. The van der Waals surface area contributed by atoms with Crippen molar-refractivity contribution in [1.82, 2.24) is 20.3 Å². The third kappa shape index (κ3) is 4.12. The lowest BCUT2D eigenvalue weighted by molar-refractivity contribution is 0.406. The lowest BCUT2D eigenvalue weighted by Gasteiger charge is -1.90. The van der Waals surface area contributed by atoms with Crippen LogP contribution in [0.4, 0.5) is 0 Å². The van der Waals surface area contributed by atoms with E-state index < -0.39 is 0 Å². The number of hydrogen-bond donors (Lipinski definition) is 2. The van der Waals surface area contributed by atoms with Crippen LogP contribution in [0.25, 0.3) is 22.8 Å². The monoisotopic (exact) mass is 356 g/mol. The Bertz CT molecular complexity index is 920. The van der Waals surface area contributed by atoms with Crippen LogP contribution in [0.3, 0.4) is 0 Å². The average molecular weight is 356 g/mol. The van der Waals surface area contributed by atoms with Crippen molar-refractivity contribution in [1.29, 1.82) is 0 Å². The van der Waals surface area contributed by atoms with Gasteiger partial charge in [-0.2, -0.15) is 9.97 Å². The molecule has 0 bridgehead atoms. The molecule has 0 saturated heterocycles. The molecule has 0 atom stereocenters. The van der Waals surface area contributed by atoms with Crippen molar-refractivity contribution < 1.29 is 9.05 Å². The highest BCUT2D eigenvalue weighted by Gasteiger charge is 2.00. The highest BCUT2D eigenvalue weighted by atomic mass is 32.1. The summed E-state index contributed by atoms with van der Waals surface area (Å²) >= 11 is 9.45. The molecule has 0 fully saturated rings. The summed E-state index contributed by atoms with van der Waals surface area (Å²) in [5.74, 6) is 1.33. The summed E-state index contributed by atoms with van der Waals surface area (Å²) < 4.78 is 9.60. The Morgan fingerprint density at radius 2 is 1.00 bits per heavy atom. The van der Waals surface area contributed by atoms with Crippen LogP contribution in [0.2, 0.25) is 0 Å². The molecule has 24 heavy (non-hydrogen) atoms. The van der Waals surface area contributed by atoms with Gasteiger partial charge in [0.2, 0.25) is 0 Å². The van der Waals surface area contributed by atoms with Crippen molar-refractivity contribution in [2.24, 2.45) is 0 Å². The van der Waals surface area contributed by atoms with E-state index in [2.05, 4.69) is 20.3 Å². The largest absolute Gasteiger partial charge is 0.348 e. The van der Waals surface area contributed by atoms with E-state index in [9.17, 15) is 0 Å². The Kier molecular flexibility index (Phi) is 5.09. The molecular formula is C16H12N4O2S2. The summed E-state index contributed by atoms with van der Waals surface area (Å²) in [6.45, 7) is 0. The maximum absolute atomic E-state index is 4.80. The number of benzene rings is 2. The molecule has 2 heterocycles. The molecule has 0 amide bonds. The van der Waals surface area contributed by atoms with Crippen molar-refractivity contribution in [3.05, 3.63) is 70.3 Å². The third-order valence-electron chi connectivity index (χ3n) is 2.97. The molecule has 8 heteroatoms. The van der Waals surface area contributed by atoms with Gasteiger partial charge in [-0.05, 0) is 24.4 Å². The molecule has 4 aromatic rings. The van der Waals surface area contributed by atoms with Gasteiger partial charge in [-0.25, -0.2) is 10.3 Å². The van der Waals surface area contributed by atoms with E-state index in [-0.39, 0.29) is 9.67 Å². The first-order chi connectivity index (χ1) is 11.7. The van der Waals surface area contributed by atoms with E-state index in [1.54, 1.807) is 0 Å². The molecule has 0 aliphatic carbocycles. The summed E-state index contributed by atoms with van der Waals surface area (Å²) in [6.07, 6.45) is 0. The van der Waals surface area contributed by atoms with Crippen LogP contribution in [-0.4, -0.2) is 20.3 Å². The van der Waals surface area contributed by atoms with Gasteiger partial charge < -0.3 is 9.05 Å². The van der Waals surface area contributed by atoms with Crippen LogP contribution in [-0.2, 0) is 0 Å². The van der Waals surface area contributed by atoms with Crippen molar-refractivity contribution in [3.63, 3.8) is 0 Å². The first-order valence-electron chi connectivity index (χ1n) is 6.94. The molecule has 2 aromatic heterocycles. The molecule has 6 nitrogen and oxygen atoms in total. The van der Waals surface area contributed by atoms with E-state index in [1.807, 2.05) is 60.7 Å². The van der Waals surface area contributed by atoms with Crippen LogP contribution < -0.4 is 0 Å². The summed E-state index contributed by atoms with van der Waals surface area (Å²) in [4.78, 5) is 8.41. The standard InChI is InChI=1S/2C8H6N2OS/c2*12-8-9-7(10-11-8)6-4-2-1-3-5-6/h2*1-5H,(H,9,10,12). The minimum atomic E-state index is 0.230. The van der Waals surface area contributed by atoms with Gasteiger partial charge in [0.05, 0.1) is 0 Å². The lowest BCUT2D eigenvalue weighted by atomic mass is 10.2. The Morgan fingerprint density at radius 1 is 0.625 bits per heavy atom. The fourth-order valence-corrected chi connectivity index (χ4v) is 2.16. The summed E-state index contributed by atoms with van der Waals surface area (Å²) in [7, 11) is 0. The zero-order valence-electron chi connectivity index (χ0n) is 12.3. The molecule has 120 valence electrons. The predicted molar refractivity (Wildman–Crippen MR) is 94.2 cm³/mol. The molecule has 0 aliphatic rings. The predicted octanol–water partition coefficient (Wildman–Crippen LogP) is 4.80. The number of aromatic nitrogens is 4. The topological polar surface area (TPSA) is 83.6 Å². The van der Waals surface area contributed by atoms with E-state index in [0.717, 1.165) is 11.1 Å². The van der Waals surface area contributed by atoms with Crippen LogP contribution in [0.5, 0.6) is 0 Å². The number of nitrogens with one attached hydrogen (secondary N) is 2. The van der Waals surface area contributed by atoms with E-state index in [0.29, 0.717) is 11.6 Å². The Hall–Kier alpha value is -2.84. The molecule has 0 saturated carbocycles. The Morgan fingerprint density at radius 3 is 1.29 bits per heavy atom. The minimum Gasteiger partial charge on any atom is -0.348 e. The van der Waals surface area contributed by atoms with Gasteiger partial charge in [-0.3, -0.25) is 0 Å². The lowest BCUT2D eigenvalue weighted by Crippen LogP contribution is -1.77. The molecule has 4 rings (SSSR count). The molecular weight excluding hydrogens is 344 g/mol. The zero-order valence-corrected chi connectivity index (χ0v) is 13.9. The SMILES string of the molecule is S=c1nc(-c2ccccc2)[nH]o1.S=c1nc(-c2ccccc2)[nH]o1.